The van der Waals surface area contributed by atoms with Crippen molar-refractivity contribution in [3.05, 3.63) is 88.2 Å². The lowest BCUT2D eigenvalue weighted by Crippen LogP contribution is -2.08. The van der Waals surface area contributed by atoms with E-state index < -0.39 is 11.9 Å². The summed E-state index contributed by atoms with van der Waals surface area (Å²) in [6.07, 6.45) is 4.56. The van der Waals surface area contributed by atoms with Crippen molar-refractivity contribution in [2.75, 3.05) is 0 Å². The fourth-order valence-electron chi connectivity index (χ4n) is 2.24. The van der Waals surface area contributed by atoms with Gasteiger partial charge in [-0.05, 0) is 54.1 Å². The highest BCUT2D eigenvalue weighted by atomic mass is 79.9. The Hall–Kier alpha value is -3.32. The van der Waals surface area contributed by atoms with E-state index in [2.05, 4.69) is 25.9 Å². The van der Waals surface area contributed by atoms with Crippen LogP contribution in [0.3, 0.4) is 0 Å². The number of carbonyl (C=O) groups is 2. The third-order valence-corrected chi connectivity index (χ3v) is 3.92. The van der Waals surface area contributed by atoms with Gasteiger partial charge >= 0.3 is 11.9 Å². The molecule has 0 aliphatic heterocycles. The van der Waals surface area contributed by atoms with Crippen molar-refractivity contribution in [3.63, 3.8) is 0 Å². The number of hydrogen-bond donors (Lipinski definition) is 1. The van der Waals surface area contributed by atoms with E-state index in [4.69, 9.17) is 9.84 Å². The number of aliphatic imine (C=N–C) groups is 1. The van der Waals surface area contributed by atoms with Crippen LogP contribution in [0.2, 0.25) is 0 Å². The number of aromatic nitrogens is 1. The van der Waals surface area contributed by atoms with Crippen molar-refractivity contribution in [2.24, 2.45) is 4.99 Å². The molecule has 27 heavy (non-hydrogen) atoms. The summed E-state index contributed by atoms with van der Waals surface area (Å²) in [5, 5.41) is 9.03. The monoisotopic (exact) mass is 424 g/mol. The summed E-state index contributed by atoms with van der Waals surface area (Å²) in [5.74, 6) is -1.18. The summed E-state index contributed by atoms with van der Waals surface area (Å²) in [7, 11) is 0. The molecule has 1 N–H and O–H groups in total. The van der Waals surface area contributed by atoms with Gasteiger partial charge in [-0.2, -0.15) is 0 Å². The van der Waals surface area contributed by atoms with Crippen molar-refractivity contribution in [3.8, 4) is 5.75 Å². The maximum atomic E-state index is 12.2. The molecule has 7 heteroatoms. The van der Waals surface area contributed by atoms with Crippen LogP contribution >= 0.6 is 15.9 Å². The molecular formula is C20H13BrN2O4. The molecule has 0 atom stereocenters. The first-order chi connectivity index (χ1) is 13.0. The predicted octanol–water partition coefficient (Wildman–Crippen LogP) is 4.51. The zero-order valence-corrected chi connectivity index (χ0v) is 15.5. The van der Waals surface area contributed by atoms with Gasteiger partial charge in [0.2, 0.25) is 0 Å². The predicted molar refractivity (Wildman–Crippen MR) is 104 cm³/mol. The second-order valence-electron chi connectivity index (χ2n) is 5.47. The highest BCUT2D eigenvalue weighted by Gasteiger charge is 2.09. The van der Waals surface area contributed by atoms with Gasteiger partial charge in [-0.1, -0.05) is 22.0 Å². The first-order valence-corrected chi connectivity index (χ1v) is 8.61. The smallest absolute Gasteiger partial charge is 0.345 e. The fourth-order valence-corrected chi connectivity index (χ4v) is 2.73. The molecule has 0 amide bonds. The number of carboxylic acid groups (broad SMARTS) is 1. The van der Waals surface area contributed by atoms with Crippen LogP contribution in [0.5, 0.6) is 5.75 Å². The van der Waals surface area contributed by atoms with Crippen molar-refractivity contribution < 1.29 is 19.4 Å². The Morgan fingerprint density at radius 1 is 1.07 bits per heavy atom. The Bertz CT molecular complexity index is 1020. The van der Waals surface area contributed by atoms with E-state index in [1.54, 1.807) is 54.9 Å². The number of carboxylic acids is 1. The van der Waals surface area contributed by atoms with Crippen LogP contribution in [0.4, 0.5) is 5.69 Å². The van der Waals surface area contributed by atoms with E-state index >= 15 is 0 Å². The summed E-state index contributed by atoms with van der Waals surface area (Å²) in [6, 6.07) is 14.7. The van der Waals surface area contributed by atoms with E-state index in [0.29, 0.717) is 27.0 Å². The maximum Gasteiger partial charge on any atom is 0.345 e. The topological polar surface area (TPSA) is 88.9 Å². The molecule has 3 aromatic rings. The molecule has 0 radical (unpaired) electrons. The minimum absolute atomic E-state index is 0.157. The summed E-state index contributed by atoms with van der Waals surface area (Å²) < 4.78 is 6.08. The van der Waals surface area contributed by atoms with E-state index in [0.717, 1.165) is 0 Å². The molecule has 1 aromatic heterocycles. The third-order valence-electron chi connectivity index (χ3n) is 3.46. The minimum Gasteiger partial charge on any atom is -0.478 e. The molecule has 0 aliphatic carbocycles. The number of carbonyl (C=O) groups excluding carboxylic acids is 1. The molecule has 0 spiro atoms. The number of nitrogens with zero attached hydrogens (tertiary/aromatic N) is 2. The molecule has 0 unspecified atom stereocenters. The number of rotatable bonds is 5. The molecule has 0 aliphatic rings. The molecular weight excluding hydrogens is 412 g/mol. The number of ether oxygens (including phenoxy) is 1. The van der Waals surface area contributed by atoms with Gasteiger partial charge in [0.25, 0.3) is 0 Å². The second kappa shape index (κ2) is 8.37. The average molecular weight is 425 g/mol. The summed E-state index contributed by atoms with van der Waals surface area (Å²) in [5.41, 5.74) is 1.69. The van der Waals surface area contributed by atoms with Crippen LogP contribution in [0.1, 0.15) is 26.3 Å². The maximum absolute atomic E-state index is 12.2. The lowest BCUT2D eigenvalue weighted by Gasteiger charge is -2.06. The molecule has 0 fully saturated rings. The molecule has 0 bridgehead atoms. The lowest BCUT2D eigenvalue weighted by molar-refractivity contribution is 0.0694. The molecule has 0 saturated carbocycles. The quantitative estimate of drug-likeness (QED) is 0.369. The second-order valence-corrected chi connectivity index (χ2v) is 6.38. The van der Waals surface area contributed by atoms with Crippen LogP contribution < -0.4 is 4.74 Å². The van der Waals surface area contributed by atoms with E-state index in [-0.39, 0.29) is 5.56 Å². The van der Waals surface area contributed by atoms with Crippen molar-refractivity contribution in [1.29, 1.82) is 0 Å². The Labute approximate surface area is 163 Å². The van der Waals surface area contributed by atoms with Gasteiger partial charge in [0, 0.05) is 23.1 Å². The summed E-state index contributed by atoms with van der Waals surface area (Å²) in [4.78, 5) is 31.3. The Morgan fingerprint density at radius 3 is 2.63 bits per heavy atom. The van der Waals surface area contributed by atoms with Crippen molar-refractivity contribution >= 4 is 39.8 Å². The van der Waals surface area contributed by atoms with E-state index in [1.165, 1.54) is 18.3 Å². The number of benzene rings is 2. The molecule has 2 aromatic carbocycles. The number of esters is 1. The summed E-state index contributed by atoms with van der Waals surface area (Å²) in [6.45, 7) is 0. The van der Waals surface area contributed by atoms with Gasteiger partial charge in [-0.15, -0.1) is 0 Å². The van der Waals surface area contributed by atoms with Crippen LogP contribution in [0, 0.1) is 0 Å². The fraction of sp³-hybridized carbons (Fsp3) is 0. The summed E-state index contributed by atoms with van der Waals surface area (Å²) >= 11 is 3.37. The number of aromatic carboxylic acids is 1. The molecule has 0 saturated heterocycles. The lowest BCUT2D eigenvalue weighted by atomic mass is 10.2. The first kappa shape index (κ1) is 18.5. The Kier molecular flexibility index (Phi) is 5.73. The van der Waals surface area contributed by atoms with Crippen molar-refractivity contribution in [1.82, 2.24) is 4.98 Å². The van der Waals surface area contributed by atoms with E-state index in [1.807, 2.05) is 0 Å². The minimum atomic E-state index is -1.01. The largest absolute Gasteiger partial charge is 0.478 e. The van der Waals surface area contributed by atoms with Crippen LogP contribution in [-0.4, -0.2) is 28.2 Å². The van der Waals surface area contributed by atoms with Gasteiger partial charge in [-0.25, -0.2) is 9.59 Å². The Balaban J connectivity index is 1.80. The van der Waals surface area contributed by atoms with Crippen LogP contribution in [-0.2, 0) is 0 Å². The zero-order valence-electron chi connectivity index (χ0n) is 13.9. The van der Waals surface area contributed by atoms with Gasteiger partial charge in [0.1, 0.15) is 5.75 Å². The van der Waals surface area contributed by atoms with E-state index in [9.17, 15) is 9.59 Å². The van der Waals surface area contributed by atoms with Gasteiger partial charge in [0.05, 0.1) is 16.8 Å². The highest BCUT2D eigenvalue weighted by Crippen LogP contribution is 2.22. The number of pyridine rings is 1. The molecule has 6 nitrogen and oxygen atoms in total. The molecule has 1 heterocycles. The van der Waals surface area contributed by atoms with Crippen LogP contribution in [0.25, 0.3) is 0 Å². The number of hydrogen-bond acceptors (Lipinski definition) is 5. The first-order valence-electron chi connectivity index (χ1n) is 7.81. The van der Waals surface area contributed by atoms with Gasteiger partial charge in [0.15, 0.2) is 0 Å². The highest BCUT2D eigenvalue weighted by molar-refractivity contribution is 9.10. The Morgan fingerprint density at radius 2 is 1.89 bits per heavy atom. The molecule has 3 rings (SSSR count). The third kappa shape index (κ3) is 5.08. The standard InChI is InChI=1S/C20H13BrN2O4/c21-16-7-13(11-23-17-5-1-3-14(9-17)19(24)25)8-18(10-16)27-20(26)15-4-2-6-22-12-15/h1-12H,(H,24,25). The normalized spacial score (nSPS) is 10.7. The van der Waals surface area contributed by atoms with Crippen molar-refractivity contribution in [2.45, 2.75) is 0 Å². The average Bonchev–Trinajstić information content (AvgIpc) is 2.67. The zero-order chi connectivity index (χ0) is 19.2. The van der Waals surface area contributed by atoms with Gasteiger partial charge in [-0.3, -0.25) is 9.98 Å². The SMILES string of the molecule is O=C(O)c1cccc(N=Cc2cc(Br)cc(OC(=O)c3cccnc3)c2)c1. The van der Waals surface area contributed by atoms with Crippen LogP contribution in [0.15, 0.2) is 76.5 Å². The molecule has 134 valence electrons. The number of halogens is 1. The van der Waals surface area contributed by atoms with Gasteiger partial charge < -0.3 is 9.84 Å².